The number of rotatable bonds is 4. The van der Waals surface area contributed by atoms with Crippen LogP contribution in [0.15, 0.2) is 22.7 Å². The third-order valence-corrected chi connectivity index (χ3v) is 3.93. The Morgan fingerprint density at radius 2 is 2.10 bits per heavy atom. The van der Waals surface area contributed by atoms with E-state index in [0.29, 0.717) is 15.7 Å². The number of carbonyl (C=O) groups excluding carboxylic acids is 3. The molecule has 20 heavy (non-hydrogen) atoms. The summed E-state index contributed by atoms with van der Waals surface area (Å²) in [7, 11) is 0. The third kappa shape index (κ3) is 2.60. The highest BCUT2D eigenvalue weighted by molar-refractivity contribution is 9.10. The van der Waals surface area contributed by atoms with Crippen molar-refractivity contribution in [1.82, 2.24) is 5.32 Å². The molecule has 1 atom stereocenters. The van der Waals surface area contributed by atoms with Crippen LogP contribution in [0.1, 0.15) is 30.6 Å². The zero-order valence-corrected chi connectivity index (χ0v) is 12.9. The Hall–Kier alpha value is -1.69. The molecule has 0 bridgehead atoms. The van der Waals surface area contributed by atoms with E-state index < -0.39 is 11.7 Å². The molecule has 1 aromatic rings. The molecule has 6 heteroatoms. The third-order valence-electron chi connectivity index (χ3n) is 3.27. The van der Waals surface area contributed by atoms with E-state index in [-0.39, 0.29) is 18.5 Å². The van der Waals surface area contributed by atoms with Gasteiger partial charge in [-0.2, -0.15) is 0 Å². The van der Waals surface area contributed by atoms with Crippen molar-refractivity contribution in [3.63, 3.8) is 0 Å². The summed E-state index contributed by atoms with van der Waals surface area (Å²) < 4.78 is 0.568. The number of nitrogens with zero attached hydrogens (tertiary/aromatic N) is 1. The maximum absolute atomic E-state index is 12.0. The molecule has 1 aliphatic rings. The summed E-state index contributed by atoms with van der Waals surface area (Å²) >= 11 is 3.26. The van der Waals surface area contributed by atoms with Crippen LogP contribution in [-0.4, -0.2) is 30.2 Å². The lowest BCUT2D eigenvalue weighted by molar-refractivity contribution is -0.122. The minimum Gasteiger partial charge on any atom is -0.352 e. The summed E-state index contributed by atoms with van der Waals surface area (Å²) in [6.07, 6.45) is 0.806. The lowest BCUT2D eigenvalue weighted by Crippen LogP contribution is -2.42. The molecular weight excluding hydrogens is 324 g/mol. The molecule has 0 aromatic heterocycles. The summed E-state index contributed by atoms with van der Waals surface area (Å²) in [6, 6.07) is 5.14. The number of hydrogen-bond donors (Lipinski definition) is 1. The van der Waals surface area contributed by atoms with E-state index in [9.17, 15) is 14.4 Å². The molecule has 1 unspecified atom stereocenters. The van der Waals surface area contributed by atoms with Crippen LogP contribution < -0.4 is 10.2 Å². The van der Waals surface area contributed by atoms with Crippen molar-refractivity contribution in [3.05, 3.63) is 28.2 Å². The number of nitrogens with one attached hydrogen (secondary N) is 1. The first-order valence-electron chi connectivity index (χ1n) is 6.39. The van der Waals surface area contributed by atoms with Crippen LogP contribution in [0.4, 0.5) is 5.69 Å². The van der Waals surface area contributed by atoms with Gasteiger partial charge in [-0.3, -0.25) is 19.3 Å². The molecule has 106 valence electrons. The van der Waals surface area contributed by atoms with Crippen LogP contribution in [0, 0.1) is 0 Å². The van der Waals surface area contributed by atoms with Gasteiger partial charge in [0.1, 0.15) is 6.54 Å². The fourth-order valence-electron chi connectivity index (χ4n) is 2.02. The molecule has 1 aromatic carbocycles. The van der Waals surface area contributed by atoms with Gasteiger partial charge < -0.3 is 5.32 Å². The molecule has 0 saturated heterocycles. The van der Waals surface area contributed by atoms with Gasteiger partial charge in [-0.05, 0) is 41.4 Å². The van der Waals surface area contributed by atoms with Gasteiger partial charge in [0.25, 0.3) is 11.7 Å². The van der Waals surface area contributed by atoms with Gasteiger partial charge in [0.15, 0.2) is 0 Å². The van der Waals surface area contributed by atoms with E-state index in [0.717, 1.165) is 6.42 Å². The number of hydrogen-bond acceptors (Lipinski definition) is 3. The van der Waals surface area contributed by atoms with Crippen molar-refractivity contribution >= 4 is 39.2 Å². The molecule has 1 heterocycles. The summed E-state index contributed by atoms with van der Waals surface area (Å²) in [5.74, 6) is -1.51. The molecular formula is C14H15BrN2O3. The Bertz CT molecular complexity index is 586. The van der Waals surface area contributed by atoms with Crippen LogP contribution in [0.5, 0.6) is 0 Å². The van der Waals surface area contributed by atoms with Crippen LogP contribution >= 0.6 is 15.9 Å². The number of halogens is 1. The van der Waals surface area contributed by atoms with E-state index in [1.54, 1.807) is 18.2 Å². The summed E-state index contributed by atoms with van der Waals surface area (Å²) in [5, 5.41) is 2.78. The predicted octanol–water partition coefficient (Wildman–Crippen LogP) is 1.89. The number of amides is 2. The summed E-state index contributed by atoms with van der Waals surface area (Å²) in [5.41, 5.74) is 0.808. The fraction of sp³-hybridized carbons (Fsp3) is 0.357. The first-order valence-corrected chi connectivity index (χ1v) is 7.19. The lowest BCUT2D eigenvalue weighted by Gasteiger charge is -2.18. The Balaban J connectivity index is 2.23. The fourth-order valence-corrected chi connectivity index (χ4v) is 2.56. The number of ketones is 1. The molecule has 1 N–H and O–H groups in total. The first kappa shape index (κ1) is 14.7. The Morgan fingerprint density at radius 3 is 2.75 bits per heavy atom. The first-order chi connectivity index (χ1) is 9.45. The number of anilines is 1. The Labute approximate surface area is 125 Å². The Kier molecular flexibility index (Phi) is 4.23. The van der Waals surface area contributed by atoms with Crippen molar-refractivity contribution in [2.24, 2.45) is 0 Å². The average Bonchev–Trinajstić information content (AvgIpc) is 2.65. The van der Waals surface area contributed by atoms with E-state index in [2.05, 4.69) is 21.2 Å². The molecule has 0 radical (unpaired) electrons. The van der Waals surface area contributed by atoms with Crippen LogP contribution in [0.3, 0.4) is 0 Å². The maximum Gasteiger partial charge on any atom is 0.299 e. The second kappa shape index (κ2) is 5.75. The van der Waals surface area contributed by atoms with E-state index in [1.165, 1.54) is 4.90 Å². The number of Topliss-reactive ketones (excluding diaryl/α,β-unsaturated/α-hetero) is 1. The van der Waals surface area contributed by atoms with Crippen LogP contribution in [0.2, 0.25) is 0 Å². The molecule has 2 rings (SSSR count). The highest BCUT2D eigenvalue weighted by Gasteiger charge is 2.38. The van der Waals surface area contributed by atoms with Gasteiger partial charge in [-0.1, -0.05) is 13.0 Å². The van der Waals surface area contributed by atoms with Crippen molar-refractivity contribution in [2.75, 3.05) is 11.4 Å². The molecule has 0 saturated carbocycles. The van der Waals surface area contributed by atoms with Gasteiger partial charge in [-0.25, -0.2) is 0 Å². The zero-order valence-electron chi connectivity index (χ0n) is 11.3. The minimum atomic E-state index is -0.661. The largest absolute Gasteiger partial charge is 0.352 e. The van der Waals surface area contributed by atoms with Crippen molar-refractivity contribution in [1.29, 1.82) is 0 Å². The number of fused-ring (bicyclic) bond motifs is 1. The monoisotopic (exact) mass is 338 g/mol. The minimum absolute atomic E-state index is 0.0397. The molecule has 0 fully saturated rings. The highest BCUT2D eigenvalue weighted by atomic mass is 79.9. The molecule has 0 spiro atoms. The van der Waals surface area contributed by atoms with Crippen molar-refractivity contribution in [2.45, 2.75) is 26.3 Å². The lowest BCUT2D eigenvalue weighted by atomic mass is 10.1. The predicted molar refractivity (Wildman–Crippen MR) is 78.7 cm³/mol. The van der Waals surface area contributed by atoms with Gasteiger partial charge >= 0.3 is 0 Å². The molecule has 5 nitrogen and oxygen atoms in total. The second-order valence-electron chi connectivity index (χ2n) is 4.73. The number of carbonyl (C=O) groups is 3. The SMILES string of the molecule is CCC(C)NC(=O)CN1C(=O)C(=O)c2c(Br)cccc21. The summed E-state index contributed by atoms with van der Waals surface area (Å²) in [4.78, 5) is 37.0. The van der Waals surface area contributed by atoms with E-state index in [4.69, 9.17) is 0 Å². The van der Waals surface area contributed by atoms with Gasteiger partial charge in [0.2, 0.25) is 5.91 Å². The van der Waals surface area contributed by atoms with E-state index in [1.807, 2.05) is 13.8 Å². The topological polar surface area (TPSA) is 66.5 Å². The normalized spacial score (nSPS) is 15.2. The standard InChI is InChI=1S/C14H15BrN2O3/c1-3-8(2)16-11(18)7-17-10-6-4-5-9(15)12(10)13(19)14(17)20/h4-6,8H,3,7H2,1-2H3,(H,16,18). The van der Waals surface area contributed by atoms with Crippen molar-refractivity contribution in [3.8, 4) is 0 Å². The average molecular weight is 339 g/mol. The maximum atomic E-state index is 12.0. The second-order valence-corrected chi connectivity index (χ2v) is 5.59. The van der Waals surface area contributed by atoms with E-state index >= 15 is 0 Å². The van der Waals surface area contributed by atoms with Gasteiger partial charge in [-0.15, -0.1) is 0 Å². The quantitative estimate of drug-likeness (QED) is 0.852. The van der Waals surface area contributed by atoms with Gasteiger partial charge in [0, 0.05) is 10.5 Å². The molecule has 2 amide bonds. The summed E-state index contributed by atoms with van der Waals surface area (Å²) in [6.45, 7) is 3.71. The smallest absolute Gasteiger partial charge is 0.299 e. The highest BCUT2D eigenvalue weighted by Crippen LogP contribution is 2.33. The Morgan fingerprint density at radius 1 is 1.40 bits per heavy atom. The van der Waals surface area contributed by atoms with Crippen LogP contribution in [0.25, 0.3) is 0 Å². The molecule has 1 aliphatic heterocycles. The zero-order chi connectivity index (χ0) is 14.9. The van der Waals surface area contributed by atoms with Crippen molar-refractivity contribution < 1.29 is 14.4 Å². The van der Waals surface area contributed by atoms with Crippen LogP contribution in [-0.2, 0) is 9.59 Å². The van der Waals surface area contributed by atoms with Gasteiger partial charge in [0.05, 0.1) is 11.3 Å². The molecule has 0 aliphatic carbocycles. The number of benzene rings is 1.